The first-order chi connectivity index (χ1) is 5.57. The minimum atomic E-state index is -1.41. The van der Waals surface area contributed by atoms with Crippen LogP contribution in [0.5, 0.6) is 0 Å². The Morgan fingerprint density at radius 3 is 2.33 bits per heavy atom. The van der Waals surface area contributed by atoms with Crippen molar-refractivity contribution in [3.05, 3.63) is 11.5 Å². The van der Waals surface area contributed by atoms with Gasteiger partial charge in [-0.05, 0) is 0 Å². The molecule has 0 spiro atoms. The van der Waals surface area contributed by atoms with Crippen molar-refractivity contribution >= 4 is 11.8 Å². The van der Waals surface area contributed by atoms with E-state index in [1.165, 1.54) is 0 Å². The summed E-state index contributed by atoms with van der Waals surface area (Å²) in [5.41, 5.74) is 0. The molecule has 0 aromatic rings. The van der Waals surface area contributed by atoms with Gasteiger partial charge in [0.2, 0.25) is 17.3 Å². The van der Waals surface area contributed by atoms with Crippen molar-refractivity contribution in [3.8, 4) is 0 Å². The Balaban J connectivity index is 3.01. The van der Waals surface area contributed by atoms with Crippen LogP contribution in [0.25, 0.3) is 0 Å². The predicted molar refractivity (Wildman–Crippen MR) is 34.3 cm³/mol. The number of rotatable bonds is 1. The average molecular weight is 174 g/mol. The third-order valence-corrected chi connectivity index (χ3v) is 1.36. The standard InChI is InChI=1S/C6H6O6/c7-1-2-3(8)4(9)5(10)6(11)12-2/h2,7,9-10H,1H2/t2-/m0/s1. The molecule has 3 N–H and O–H groups in total. The van der Waals surface area contributed by atoms with E-state index in [0.717, 1.165) is 0 Å². The maximum Gasteiger partial charge on any atom is 0.378 e. The molecule has 0 aromatic carbocycles. The summed E-state index contributed by atoms with van der Waals surface area (Å²) < 4.78 is 4.22. The second-order valence-corrected chi connectivity index (χ2v) is 2.14. The number of carbonyl (C=O) groups excluding carboxylic acids is 2. The van der Waals surface area contributed by atoms with Gasteiger partial charge in [0.05, 0.1) is 6.61 Å². The minimum Gasteiger partial charge on any atom is -0.502 e. The summed E-state index contributed by atoms with van der Waals surface area (Å²) in [6.45, 7) is -0.720. The van der Waals surface area contributed by atoms with E-state index in [0.29, 0.717) is 0 Å². The van der Waals surface area contributed by atoms with E-state index in [-0.39, 0.29) is 0 Å². The van der Waals surface area contributed by atoms with E-state index in [1.807, 2.05) is 0 Å². The van der Waals surface area contributed by atoms with Crippen molar-refractivity contribution in [3.63, 3.8) is 0 Å². The van der Waals surface area contributed by atoms with E-state index >= 15 is 0 Å². The number of aliphatic hydroxyl groups is 3. The zero-order valence-electron chi connectivity index (χ0n) is 5.85. The third-order valence-electron chi connectivity index (χ3n) is 1.36. The van der Waals surface area contributed by atoms with E-state index in [4.69, 9.17) is 15.3 Å². The van der Waals surface area contributed by atoms with Gasteiger partial charge >= 0.3 is 5.97 Å². The first-order valence-electron chi connectivity index (χ1n) is 3.06. The van der Waals surface area contributed by atoms with Crippen molar-refractivity contribution in [1.29, 1.82) is 0 Å². The van der Waals surface area contributed by atoms with E-state index in [2.05, 4.69) is 4.74 Å². The normalized spacial score (nSPS) is 24.2. The smallest absolute Gasteiger partial charge is 0.378 e. The number of Topliss-reactive ketones (excluding diaryl/α,β-unsaturated/α-hetero) is 1. The first kappa shape index (κ1) is 8.54. The third kappa shape index (κ3) is 1.12. The van der Waals surface area contributed by atoms with Gasteiger partial charge in [0.15, 0.2) is 6.10 Å². The van der Waals surface area contributed by atoms with Gasteiger partial charge in [0, 0.05) is 0 Å². The number of carbonyl (C=O) groups is 2. The van der Waals surface area contributed by atoms with Gasteiger partial charge < -0.3 is 20.1 Å². The van der Waals surface area contributed by atoms with Crippen LogP contribution in [0.4, 0.5) is 0 Å². The van der Waals surface area contributed by atoms with Crippen LogP contribution in [0.15, 0.2) is 11.5 Å². The molecule has 0 unspecified atom stereocenters. The molecule has 66 valence electrons. The monoisotopic (exact) mass is 174 g/mol. The summed E-state index contributed by atoms with van der Waals surface area (Å²) in [5.74, 6) is -4.41. The molecule has 1 atom stereocenters. The van der Waals surface area contributed by atoms with Gasteiger partial charge in [-0.1, -0.05) is 0 Å². The van der Waals surface area contributed by atoms with Gasteiger partial charge in [-0.15, -0.1) is 0 Å². The lowest BCUT2D eigenvalue weighted by Gasteiger charge is -2.18. The molecule has 0 aromatic heterocycles. The summed E-state index contributed by atoms with van der Waals surface area (Å²) >= 11 is 0. The predicted octanol–water partition coefficient (Wildman–Crippen LogP) is -1.20. The fourth-order valence-corrected chi connectivity index (χ4v) is 0.725. The molecule has 0 fully saturated rings. The Hall–Kier alpha value is -1.56. The van der Waals surface area contributed by atoms with Crippen LogP contribution in [-0.2, 0) is 14.3 Å². The van der Waals surface area contributed by atoms with Crippen molar-refractivity contribution < 1.29 is 29.6 Å². The minimum absolute atomic E-state index is 0.720. The fourth-order valence-electron chi connectivity index (χ4n) is 0.725. The zero-order chi connectivity index (χ0) is 9.30. The summed E-state index contributed by atoms with van der Waals surface area (Å²) in [7, 11) is 0. The summed E-state index contributed by atoms with van der Waals surface area (Å²) in [6, 6.07) is 0. The van der Waals surface area contributed by atoms with Crippen molar-refractivity contribution in [2.75, 3.05) is 6.61 Å². The Kier molecular flexibility index (Phi) is 2.01. The highest BCUT2D eigenvalue weighted by molar-refractivity contribution is 6.07. The molecular weight excluding hydrogens is 168 g/mol. The second kappa shape index (κ2) is 2.82. The number of hydrogen-bond acceptors (Lipinski definition) is 6. The Morgan fingerprint density at radius 1 is 1.25 bits per heavy atom. The topological polar surface area (TPSA) is 104 Å². The molecule has 0 bridgehead atoms. The lowest BCUT2D eigenvalue weighted by molar-refractivity contribution is -0.159. The highest BCUT2D eigenvalue weighted by Gasteiger charge is 2.36. The van der Waals surface area contributed by atoms with Crippen molar-refractivity contribution in [1.82, 2.24) is 0 Å². The number of cyclic esters (lactones) is 1. The van der Waals surface area contributed by atoms with Gasteiger partial charge in [-0.25, -0.2) is 4.79 Å². The molecule has 1 heterocycles. The highest BCUT2D eigenvalue weighted by atomic mass is 16.6. The van der Waals surface area contributed by atoms with Crippen LogP contribution in [0.1, 0.15) is 0 Å². The molecule has 0 aliphatic carbocycles. The molecule has 0 radical (unpaired) electrons. The largest absolute Gasteiger partial charge is 0.502 e. The van der Waals surface area contributed by atoms with E-state index in [9.17, 15) is 9.59 Å². The van der Waals surface area contributed by atoms with Crippen LogP contribution in [0.2, 0.25) is 0 Å². The molecule has 1 aliphatic rings. The number of aliphatic hydroxyl groups excluding tert-OH is 3. The zero-order valence-corrected chi connectivity index (χ0v) is 5.85. The molecule has 0 saturated heterocycles. The average Bonchev–Trinajstić information content (AvgIpc) is 2.08. The molecular formula is C6H6O6. The number of esters is 1. The van der Waals surface area contributed by atoms with E-state index < -0.39 is 36.0 Å². The molecule has 1 rings (SSSR count). The highest BCUT2D eigenvalue weighted by Crippen LogP contribution is 2.13. The fraction of sp³-hybridized carbons (Fsp3) is 0.333. The SMILES string of the molecule is O=C1O[C@@H](CO)C(=O)C(O)=C1O. The summed E-state index contributed by atoms with van der Waals surface area (Å²) in [5, 5.41) is 25.9. The molecule has 1 aliphatic heterocycles. The molecule has 0 saturated carbocycles. The Bertz CT molecular complexity index is 265. The summed E-state index contributed by atoms with van der Waals surface area (Å²) in [4.78, 5) is 21.4. The van der Waals surface area contributed by atoms with E-state index in [1.54, 1.807) is 0 Å². The van der Waals surface area contributed by atoms with Crippen molar-refractivity contribution in [2.45, 2.75) is 6.10 Å². The lowest BCUT2D eigenvalue weighted by atomic mass is 10.1. The van der Waals surface area contributed by atoms with Gasteiger partial charge in [-0.3, -0.25) is 4.79 Å². The maximum absolute atomic E-state index is 10.8. The van der Waals surface area contributed by atoms with Crippen LogP contribution >= 0.6 is 0 Å². The summed E-state index contributed by atoms with van der Waals surface area (Å²) in [6.07, 6.45) is -1.41. The number of ether oxygens (including phenoxy) is 1. The number of ketones is 1. The molecule has 6 heteroatoms. The van der Waals surface area contributed by atoms with Crippen LogP contribution in [-0.4, -0.2) is 39.8 Å². The first-order valence-corrected chi connectivity index (χ1v) is 3.06. The van der Waals surface area contributed by atoms with Crippen LogP contribution < -0.4 is 0 Å². The van der Waals surface area contributed by atoms with Crippen molar-refractivity contribution in [2.24, 2.45) is 0 Å². The molecule has 6 nitrogen and oxygen atoms in total. The van der Waals surface area contributed by atoms with Crippen LogP contribution in [0.3, 0.4) is 0 Å². The molecule has 0 amide bonds. The van der Waals surface area contributed by atoms with Crippen LogP contribution in [0, 0.1) is 0 Å². The maximum atomic E-state index is 10.8. The van der Waals surface area contributed by atoms with Gasteiger partial charge in [-0.2, -0.15) is 0 Å². The quantitative estimate of drug-likeness (QED) is 0.431. The Labute approximate surface area is 66.7 Å². The lowest BCUT2D eigenvalue weighted by Crippen LogP contribution is -2.37. The van der Waals surface area contributed by atoms with Gasteiger partial charge in [0.25, 0.3) is 0 Å². The van der Waals surface area contributed by atoms with Gasteiger partial charge in [0.1, 0.15) is 0 Å². The second-order valence-electron chi connectivity index (χ2n) is 2.14. The number of hydrogen-bond donors (Lipinski definition) is 3. The Morgan fingerprint density at radius 2 is 1.83 bits per heavy atom. The molecule has 12 heavy (non-hydrogen) atoms.